The van der Waals surface area contributed by atoms with Crippen LogP contribution < -0.4 is 0 Å². The summed E-state index contributed by atoms with van der Waals surface area (Å²) in [6.45, 7) is 6.43. The van der Waals surface area contributed by atoms with Crippen LogP contribution in [0.3, 0.4) is 0 Å². The number of esters is 3. The molecule has 0 aliphatic heterocycles. The Morgan fingerprint density at radius 2 is 0.690 bits per heavy atom. The van der Waals surface area contributed by atoms with Crippen LogP contribution in [0.5, 0.6) is 0 Å². The molecule has 1 unspecified atom stereocenters. The van der Waals surface area contributed by atoms with Crippen molar-refractivity contribution in [3.63, 3.8) is 0 Å². The molecule has 0 amide bonds. The Kier molecular flexibility index (Phi) is 44.0. The lowest BCUT2D eigenvalue weighted by molar-refractivity contribution is -0.167. The molecule has 0 N–H and O–H groups in total. The van der Waals surface area contributed by atoms with Gasteiger partial charge in [0.1, 0.15) is 13.2 Å². The Balaban J connectivity index is 4.47. The molecule has 0 aromatic rings. The number of hydrogen-bond donors (Lipinski definition) is 0. The summed E-state index contributed by atoms with van der Waals surface area (Å²) in [6, 6.07) is 0. The van der Waals surface area contributed by atoms with Gasteiger partial charge in [-0.05, 0) is 83.5 Å². The molecule has 0 rings (SSSR count). The maximum absolute atomic E-state index is 12.7. The predicted octanol–water partition coefficient (Wildman–Crippen LogP) is 15.5. The number of carbonyl (C=O) groups is 3. The van der Waals surface area contributed by atoms with Crippen LogP contribution in [0.1, 0.15) is 220 Å². The minimum Gasteiger partial charge on any atom is -0.462 e. The lowest BCUT2D eigenvalue weighted by atomic mass is 10.1. The van der Waals surface area contributed by atoms with Gasteiger partial charge in [-0.25, -0.2) is 0 Å². The van der Waals surface area contributed by atoms with E-state index in [1.807, 2.05) is 0 Å². The van der Waals surface area contributed by atoms with E-state index < -0.39 is 6.10 Å². The van der Waals surface area contributed by atoms with Crippen molar-refractivity contribution in [3.05, 3.63) is 72.9 Å². The van der Waals surface area contributed by atoms with Crippen molar-refractivity contribution in [1.82, 2.24) is 0 Å². The van der Waals surface area contributed by atoms with E-state index in [9.17, 15) is 14.4 Å². The van der Waals surface area contributed by atoms with E-state index in [0.29, 0.717) is 19.3 Å². The Bertz CT molecular complexity index is 1110. The molecular weight excluding hydrogens is 721 g/mol. The van der Waals surface area contributed by atoms with E-state index in [4.69, 9.17) is 14.2 Å². The molecule has 0 saturated heterocycles. The van der Waals surface area contributed by atoms with Crippen LogP contribution in [0.4, 0.5) is 0 Å². The van der Waals surface area contributed by atoms with Crippen molar-refractivity contribution in [2.45, 2.75) is 226 Å². The molecule has 0 bridgehead atoms. The Labute approximate surface area is 357 Å². The normalized spacial score (nSPS) is 12.7. The van der Waals surface area contributed by atoms with E-state index in [1.165, 1.54) is 83.5 Å². The van der Waals surface area contributed by atoms with Crippen molar-refractivity contribution in [3.8, 4) is 0 Å². The van der Waals surface area contributed by atoms with Gasteiger partial charge < -0.3 is 14.2 Å². The zero-order chi connectivity index (χ0) is 42.3. The van der Waals surface area contributed by atoms with Gasteiger partial charge in [-0.15, -0.1) is 0 Å². The standard InChI is InChI=1S/C52H88O6/c1-4-7-10-13-16-19-22-24-25-26-27-29-30-33-36-39-42-45-51(54)57-48-49(47-56-50(53)44-41-38-35-32-21-18-15-12-9-6-3)58-52(55)46-43-40-37-34-31-28-23-20-17-14-11-8-5-2/h7,10,16,19-20,23-25,27,29,33,36,49H,4-6,8-9,11-15,17-18,21-22,26,28,30-32,34-35,37-48H2,1-3H3/b10-7-,19-16-,23-20-,25-24-,29-27-,36-33-. The number of hydrogen-bond acceptors (Lipinski definition) is 6. The molecule has 332 valence electrons. The molecular formula is C52H88O6. The highest BCUT2D eigenvalue weighted by Gasteiger charge is 2.19. The first-order valence-electron chi connectivity index (χ1n) is 23.9. The molecule has 0 aliphatic carbocycles. The highest BCUT2D eigenvalue weighted by Crippen LogP contribution is 2.13. The van der Waals surface area contributed by atoms with Gasteiger partial charge in [-0.1, -0.05) is 190 Å². The maximum atomic E-state index is 12.7. The Hall–Kier alpha value is -3.15. The molecule has 0 heterocycles. The maximum Gasteiger partial charge on any atom is 0.306 e. The predicted molar refractivity (Wildman–Crippen MR) is 247 cm³/mol. The highest BCUT2D eigenvalue weighted by molar-refractivity contribution is 5.71. The Morgan fingerprint density at radius 1 is 0.362 bits per heavy atom. The number of allylic oxidation sites excluding steroid dienone is 12. The number of carbonyl (C=O) groups excluding carboxylic acids is 3. The van der Waals surface area contributed by atoms with Crippen molar-refractivity contribution >= 4 is 17.9 Å². The summed E-state index contributed by atoms with van der Waals surface area (Å²) in [5.74, 6) is -0.969. The molecule has 0 aromatic carbocycles. The molecule has 0 saturated carbocycles. The molecule has 0 spiro atoms. The summed E-state index contributed by atoms with van der Waals surface area (Å²) < 4.78 is 16.7. The summed E-state index contributed by atoms with van der Waals surface area (Å²) >= 11 is 0. The van der Waals surface area contributed by atoms with E-state index in [-0.39, 0.29) is 37.5 Å². The van der Waals surface area contributed by atoms with E-state index in [2.05, 4.69) is 93.7 Å². The minimum absolute atomic E-state index is 0.0955. The van der Waals surface area contributed by atoms with Crippen LogP contribution in [-0.2, 0) is 28.6 Å². The second-order valence-corrected chi connectivity index (χ2v) is 15.6. The van der Waals surface area contributed by atoms with Crippen molar-refractivity contribution < 1.29 is 28.6 Å². The van der Waals surface area contributed by atoms with E-state index in [0.717, 1.165) is 89.9 Å². The smallest absolute Gasteiger partial charge is 0.306 e. The van der Waals surface area contributed by atoms with Crippen LogP contribution in [-0.4, -0.2) is 37.2 Å². The average Bonchev–Trinajstić information content (AvgIpc) is 3.22. The molecule has 58 heavy (non-hydrogen) atoms. The average molecular weight is 809 g/mol. The van der Waals surface area contributed by atoms with Crippen molar-refractivity contribution in [2.75, 3.05) is 13.2 Å². The first-order chi connectivity index (χ1) is 28.5. The summed E-state index contributed by atoms with van der Waals surface area (Å²) in [5.41, 5.74) is 0. The second-order valence-electron chi connectivity index (χ2n) is 15.6. The fraction of sp³-hybridized carbons (Fsp3) is 0.712. The summed E-state index contributed by atoms with van der Waals surface area (Å²) in [5, 5.41) is 0. The van der Waals surface area contributed by atoms with Gasteiger partial charge in [0.05, 0.1) is 0 Å². The lowest BCUT2D eigenvalue weighted by Gasteiger charge is -2.18. The zero-order valence-corrected chi connectivity index (χ0v) is 37.8. The zero-order valence-electron chi connectivity index (χ0n) is 37.8. The number of ether oxygens (including phenoxy) is 3. The van der Waals surface area contributed by atoms with Crippen LogP contribution in [0.25, 0.3) is 0 Å². The quantitative estimate of drug-likeness (QED) is 0.0264. The van der Waals surface area contributed by atoms with Gasteiger partial charge in [0.2, 0.25) is 0 Å². The topological polar surface area (TPSA) is 78.9 Å². The third-order valence-corrected chi connectivity index (χ3v) is 9.95. The fourth-order valence-electron chi connectivity index (χ4n) is 6.35. The van der Waals surface area contributed by atoms with Crippen LogP contribution >= 0.6 is 0 Å². The SMILES string of the molecule is CC/C=C\C/C=C\C/C=C\C/C=C\C/C=C\CCCC(=O)OCC(COC(=O)CCCCCCCCCCCC)OC(=O)CCCCCCC/C=C\CCCCCC. The van der Waals surface area contributed by atoms with Crippen LogP contribution in [0.15, 0.2) is 72.9 Å². The minimum atomic E-state index is -0.798. The van der Waals surface area contributed by atoms with Gasteiger partial charge in [0.25, 0.3) is 0 Å². The van der Waals surface area contributed by atoms with Gasteiger partial charge in [-0.2, -0.15) is 0 Å². The molecule has 0 aromatic heterocycles. The summed E-state index contributed by atoms with van der Waals surface area (Å²) in [7, 11) is 0. The third-order valence-electron chi connectivity index (χ3n) is 9.95. The molecule has 0 radical (unpaired) electrons. The van der Waals surface area contributed by atoms with Crippen LogP contribution in [0.2, 0.25) is 0 Å². The molecule has 0 aliphatic rings. The Morgan fingerprint density at radius 3 is 1.16 bits per heavy atom. The van der Waals surface area contributed by atoms with E-state index >= 15 is 0 Å². The first-order valence-corrected chi connectivity index (χ1v) is 23.9. The molecule has 1 atom stereocenters. The third kappa shape index (κ3) is 44.0. The molecule has 0 fully saturated rings. The van der Waals surface area contributed by atoms with Crippen molar-refractivity contribution in [1.29, 1.82) is 0 Å². The lowest BCUT2D eigenvalue weighted by Crippen LogP contribution is -2.30. The van der Waals surface area contributed by atoms with Gasteiger partial charge in [-0.3, -0.25) is 14.4 Å². The van der Waals surface area contributed by atoms with Gasteiger partial charge >= 0.3 is 17.9 Å². The largest absolute Gasteiger partial charge is 0.462 e. The first kappa shape index (κ1) is 54.9. The van der Waals surface area contributed by atoms with Gasteiger partial charge in [0.15, 0.2) is 6.10 Å². The van der Waals surface area contributed by atoms with Crippen LogP contribution in [0, 0.1) is 0 Å². The molecule has 6 nitrogen and oxygen atoms in total. The molecule has 6 heteroatoms. The van der Waals surface area contributed by atoms with E-state index in [1.54, 1.807) is 0 Å². The summed E-state index contributed by atoms with van der Waals surface area (Å²) in [6.07, 6.45) is 57.4. The monoisotopic (exact) mass is 809 g/mol. The van der Waals surface area contributed by atoms with Crippen molar-refractivity contribution in [2.24, 2.45) is 0 Å². The van der Waals surface area contributed by atoms with Gasteiger partial charge in [0, 0.05) is 19.3 Å². The number of unbranched alkanes of at least 4 members (excludes halogenated alkanes) is 19. The highest BCUT2D eigenvalue weighted by atomic mass is 16.6. The summed E-state index contributed by atoms with van der Waals surface area (Å²) in [4.78, 5) is 37.8. The second kappa shape index (κ2) is 46.5. The number of rotatable bonds is 42. The fourth-order valence-corrected chi connectivity index (χ4v) is 6.35.